The number of nitrogens with zero attached hydrogens (tertiary/aromatic N) is 1. The molecule has 0 aliphatic heterocycles. The second kappa shape index (κ2) is 5.26. The van der Waals surface area contributed by atoms with Crippen molar-refractivity contribution in [2.24, 2.45) is 0 Å². The lowest BCUT2D eigenvalue weighted by Crippen LogP contribution is -1.93. The van der Waals surface area contributed by atoms with Crippen LogP contribution in [0.3, 0.4) is 0 Å². The summed E-state index contributed by atoms with van der Waals surface area (Å²) >= 11 is 5.42. The zero-order chi connectivity index (χ0) is 14.9. The Morgan fingerprint density at radius 2 is 2.20 bits per heavy atom. The van der Waals surface area contributed by atoms with Crippen LogP contribution in [0.15, 0.2) is 28.2 Å². The summed E-state index contributed by atoms with van der Waals surface area (Å²) in [6.07, 6.45) is 1.33. The van der Waals surface area contributed by atoms with Crippen molar-refractivity contribution in [1.29, 1.82) is 0 Å². The monoisotopic (exact) mass is 294 g/mol. The van der Waals surface area contributed by atoms with Crippen LogP contribution in [0, 0.1) is 17.0 Å². The number of nitro groups is 1. The fraction of sp³-hybridized carbons (Fsp3) is 0.0769. The van der Waals surface area contributed by atoms with Gasteiger partial charge < -0.3 is 15.3 Å². The van der Waals surface area contributed by atoms with Crippen LogP contribution in [0.5, 0.6) is 5.75 Å². The van der Waals surface area contributed by atoms with E-state index in [0.717, 1.165) is 0 Å². The highest BCUT2D eigenvalue weighted by Crippen LogP contribution is 2.42. The summed E-state index contributed by atoms with van der Waals surface area (Å²) in [5.74, 6) is -0.154. The SMILES string of the molecule is Cc1ccc(-c2c(N)oc(C=CCl)c2O)cc1[N+](=O)[O-]. The Morgan fingerprint density at radius 1 is 1.50 bits per heavy atom. The molecule has 0 unspecified atom stereocenters. The molecule has 0 radical (unpaired) electrons. The van der Waals surface area contributed by atoms with Gasteiger partial charge in [0.05, 0.1) is 10.5 Å². The summed E-state index contributed by atoms with van der Waals surface area (Å²) in [7, 11) is 0. The van der Waals surface area contributed by atoms with Crippen LogP contribution in [0.1, 0.15) is 11.3 Å². The molecule has 1 aromatic heterocycles. The third-order valence-corrected chi connectivity index (χ3v) is 2.97. The molecular formula is C13H11ClN2O4. The maximum Gasteiger partial charge on any atom is 0.272 e. The van der Waals surface area contributed by atoms with Gasteiger partial charge in [-0.05, 0) is 18.6 Å². The first-order valence-electron chi connectivity index (χ1n) is 5.59. The average Bonchev–Trinajstić information content (AvgIpc) is 2.66. The molecule has 2 aromatic rings. The topological polar surface area (TPSA) is 103 Å². The minimum atomic E-state index is -0.494. The zero-order valence-electron chi connectivity index (χ0n) is 10.5. The summed E-state index contributed by atoms with van der Waals surface area (Å²) < 4.78 is 5.16. The number of rotatable bonds is 3. The zero-order valence-corrected chi connectivity index (χ0v) is 11.2. The molecule has 0 spiro atoms. The number of furan rings is 1. The van der Waals surface area contributed by atoms with Gasteiger partial charge in [-0.2, -0.15) is 0 Å². The summed E-state index contributed by atoms with van der Waals surface area (Å²) in [6, 6.07) is 4.54. The molecule has 0 saturated carbocycles. The predicted octanol–water partition coefficient (Wildman–Crippen LogP) is 3.66. The molecule has 6 nitrogen and oxygen atoms in total. The van der Waals surface area contributed by atoms with Crippen LogP contribution in [0.4, 0.5) is 11.6 Å². The number of halogens is 1. The first-order chi connectivity index (χ1) is 9.45. The van der Waals surface area contributed by atoms with E-state index in [4.69, 9.17) is 21.8 Å². The second-order valence-corrected chi connectivity index (χ2v) is 4.36. The number of nitrogen functional groups attached to an aromatic ring is 1. The van der Waals surface area contributed by atoms with E-state index in [9.17, 15) is 15.2 Å². The van der Waals surface area contributed by atoms with Crippen LogP contribution < -0.4 is 5.73 Å². The van der Waals surface area contributed by atoms with Gasteiger partial charge in [-0.25, -0.2) is 0 Å². The molecule has 0 aliphatic rings. The number of nitro benzene ring substituents is 1. The molecule has 0 atom stereocenters. The van der Waals surface area contributed by atoms with E-state index in [1.807, 2.05) is 0 Å². The number of hydrogen-bond donors (Lipinski definition) is 2. The fourth-order valence-corrected chi connectivity index (χ4v) is 1.98. The van der Waals surface area contributed by atoms with Crippen molar-refractivity contribution in [2.45, 2.75) is 6.92 Å². The molecule has 3 N–H and O–H groups in total. The molecule has 20 heavy (non-hydrogen) atoms. The first-order valence-corrected chi connectivity index (χ1v) is 6.02. The van der Waals surface area contributed by atoms with E-state index in [1.165, 1.54) is 17.7 Å². The fourth-order valence-electron chi connectivity index (χ4n) is 1.87. The normalized spacial score (nSPS) is 11.1. The Bertz CT molecular complexity index is 707. The smallest absolute Gasteiger partial charge is 0.272 e. The number of aromatic hydroxyl groups is 1. The standard InChI is InChI=1S/C13H11ClN2O4/c1-7-2-3-8(6-9(7)16(18)19)11-12(17)10(4-5-14)20-13(11)15/h2-6,17H,15H2,1H3. The maximum atomic E-state index is 10.9. The van der Waals surface area contributed by atoms with Crippen LogP contribution >= 0.6 is 11.6 Å². The van der Waals surface area contributed by atoms with Gasteiger partial charge >= 0.3 is 0 Å². The van der Waals surface area contributed by atoms with Crippen molar-refractivity contribution in [3.05, 3.63) is 45.2 Å². The summed E-state index contributed by atoms with van der Waals surface area (Å²) in [4.78, 5) is 10.4. The minimum absolute atomic E-state index is 0.0367. The maximum absolute atomic E-state index is 10.9. The van der Waals surface area contributed by atoms with Gasteiger partial charge in [-0.1, -0.05) is 23.7 Å². The summed E-state index contributed by atoms with van der Waals surface area (Å²) in [5, 5.41) is 21.0. The van der Waals surface area contributed by atoms with Crippen LogP contribution in [0.25, 0.3) is 17.2 Å². The minimum Gasteiger partial charge on any atom is -0.504 e. The van der Waals surface area contributed by atoms with E-state index >= 15 is 0 Å². The highest BCUT2D eigenvalue weighted by molar-refractivity contribution is 6.27. The van der Waals surface area contributed by atoms with E-state index in [0.29, 0.717) is 11.1 Å². The number of nitrogens with two attached hydrogens (primary N) is 1. The molecule has 0 aliphatic carbocycles. The molecule has 0 bridgehead atoms. The van der Waals surface area contributed by atoms with Gasteiger partial charge in [-0.3, -0.25) is 10.1 Å². The predicted molar refractivity (Wildman–Crippen MR) is 76.5 cm³/mol. The van der Waals surface area contributed by atoms with Crippen LogP contribution in [-0.4, -0.2) is 10.0 Å². The lowest BCUT2D eigenvalue weighted by molar-refractivity contribution is -0.385. The second-order valence-electron chi connectivity index (χ2n) is 4.11. The Balaban J connectivity index is 2.63. The molecule has 0 saturated heterocycles. The van der Waals surface area contributed by atoms with Crippen molar-refractivity contribution in [2.75, 3.05) is 5.73 Å². The number of hydrogen-bond acceptors (Lipinski definition) is 5. The highest BCUT2D eigenvalue weighted by atomic mass is 35.5. The molecule has 0 amide bonds. The molecule has 0 fully saturated rings. The Morgan fingerprint density at radius 3 is 2.80 bits per heavy atom. The van der Waals surface area contributed by atoms with E-state index in [-0.39, 0.29) is 28.6 Å². The summed E-state index contributed by atoms with van der Waals surface area (Å²) in [5.41, 5.74) is 7.92. The van der Waals surface area contributed by atoms with Gasteiger partial charge in [0.1, 0.15) is 0 Å². The molecule has 7 heteroatoms. The number of benzene rings is 1. The van der Waals surface area contributed by atoms with E-state index < -0.39 is 4.92 Å². The number of aryl methyl sites for hydroxylation is 1. The third kappa shape index (κ3) is 2.33. The van der Waals surface area contributed by atoms with Crippen molar-refractivity contribution in [3.63, 3.8) is 0 Å². The van der Waals surface area contributed by atoms with Gasteiger partial charge in [0.2, 0.25) is 5.88 Å². The Labute approximate surface area is 119 Å². The molecule has 104 valence electrons. The quantitative estimate of drug-likeness (QED) is 0.664. The van der Waals surface area contributed by atoms with Gasteiger partial charge in [0.25, 0.3) is 5.69 Å². The molecular weight excluding hydrogens is 284 g/mol. The van der Waals surface area contributed by atoms with E-state index in [1.54, 1.807) is 19.1 Å². The highest BCUT2D eigenvalue weighted by Gasteiger charge is 2.21. The van der Waals surface area contributed by atoms with Gasteiger partial charge in [-0.15, -0.1) is 0 Å². The van der Waals surface area contributed by atoms with Crippen molar-refractivity contribution < 1.29 is 14.4 Å². The van der Waals surface area contributed by atoms with Crippen molar-refractivity contribution in [1.82, 2.24) is 0 Å². The van der Waals surface area contributed by atoms with Crippen LogP contribution in [-0.2, 0) is 0 Å². The van der Waals surface area contributed by atoms with Crippen molar-refractivity contribution in [3.8, 4) is 16.9 Å². The van der Waals surface area contributed by atoms with Gasteiger partial charge in [0.15, 0.2) is 11.5 Å². The van der Waals surface area contributed by atoms with E-state index in [2.05, 4.69) is 0 Å². The third-order valence-electron chi connectivity index (χ3n) is 2.85. The Kier molecular flexibility index (Phi) is 3.67. The average molecular weight is 295 g/mol. The van der Waals surface area contributed by atoms with Gasteiger partial charge in [0, 0.05) is 17.2 Å². The lowest BCUT2D eigenvalue weighted by atomic mass is 10.0. The largest absolute Gasteiger partial charge is 0.504 e. The molecule has 2 rings (SSSR count). The van der Waals surface area contributed by atoms with Crippen molar-refractivity contribution >= 4 is 29.2 Å². The Hall–Kier alpha value is -2.47. The molecule has 1 aromatic carbocycles. The van der Waals surface area contributed by atoms with Crippen LogP contribution in [0.2, 0.25) is 0 Å². The number of anilines is 1. The first kappa shape index (κ1) is 14.0. The summed E-state index contributed by atoms with van der Waals surface area (Å²) in [6.45, 7) is 1.63. The lowest BCUT2D eigenvalue weighted by Gasteiger charge is -2.02. The molecule has 1 heterocycles.